The van der Waals surface area contributed by atoms with E-state index >= 15 is 0 Å². The molecule has 158 valence electrons. The van der Waals surface area contributed by atoms with Gasteiger partial charge in [0.25, 0.3) is 0 Å². The third-order valence-electron chi connectivity index (χ3n) is 4.68. The van der Waals surface area contributed by atoms with Crippen molar-refractivity contribution in [3.05, 3.63) is 75.6 Å². The first kappa shape index (κ1) is 21.8. The first-order chi connectivity index (χ1) is 14.2. The second-order valence-corrected chi connectivity index (χ2v) is 7.65. The van der Waals surface area contributed by atoms with Crippen LogP contribution >= 0.6 is 11.6 Å². The first-order valence-electron chi connectivity index (χ1n) is 9.31. The lowest BCUT2D eigenvalue weighted by Gasteiger charge is -2.13. The van der Waals surface area contributed by atoms with E-state index in [1.807, 2.05) is 19.9 Å². The van der Waals surface area contributed by atoms with Crippen LogP contribution in [-0.2, 0) is 17.8 Å². The number of aryl methyl sites for hydroxylation is 2. The number of aliphatic carboxylic acids is 1. The van der Waals surface area contributed by atoms with Crippen LogP contribution in [-0.4, -0.2) is 20.9 Å². The van der Waals surface area contributed by atoms with Gasteiger partial charge in [-0.1, -0.05) is 18.5 Å². The fourth-order valence-corrected chi connectivity index (χ4v) is 3.21. The van der Waals surface area contributed by atoms with Crippen molar-refractivity contribution in [3.8, 4) is 11.4 Å². The number of hydrogen-bond acceptors (Lipinski definition) is 3. The predicted octanol–water partition coefficient (Wildman–Crippen LogP) is 5.26. The smallest absolute Gasteiger partial charge is 0.306 e. The first-order valence-corrected chi connectivity index (χ1v) is 9.69. The highest BCUT2D eigenvalue weighted by Gasteiger charge is 2.18. The number of rotatable bonds is 7. The van der Waals surface area contributed by atoms with Gasteiger partial charge in [0.15, 0.2) is 17.4 Å². The highest BCUT2D eigenvalue weighted by atomic mass is 35.5. The van der Waals surface area contributed by atoms with Gasteiger partial charge in [0.05, 0.1) is 23.0 Å². The average molecular weight is 435 g/mol. The molecule has 0 bridgehead atoms. The summed E-state index contributed by atoms with van der Waals surface area (Å²) in [5.74, 6) is -4.06. The van der Waals surface area contributed by atoms with Gasteiger partial charge in [0.2, 0.25) is 0 Å². The van der Waals surface area contributed by atoms with Crippen LogP contribution in [0.4, 0.5) is 8.78 Å². The summed E-state index contributed by atoms with van der Waals surface area (Å²) in [7, 11) is 0. The number of benzene rings is 2. The Hall–Kier alpha value is -2.93. The van der Waals surface area contributed by atoms with Gasteiger partial charge in [-0.25, -0.2) is 13.5 Å². The van der Waals surface area contributed by atoms with Gasteiger partial charge in [0, 0.05) is 5.02 Å². The van der Waals surface area contributed by atoms with Gasteiger partial charge >= 0.3 is 5.97 Å². The van der Waals surface area contributed by atoms with Gasteiger partial charge in [0.1, 0.15) is 6.61 Å². The molecule has 5 nitrogen and oxygen atoms in total. The van der Waals surface area contributed by atoms with Crippen molar-refractivity contribution < 1.29 is 23.4 Å². The number of aromatic nitrogens is 2. The highest BCUT2D eigenvalue weighted by molar-refractivity contribution is 6.31. The van der Waals surface area contributed by atoms with Crippen molar-refractivity contribution in [2.75, 3.05) is 0 Å². The number of ether oxygens (including phenoxy) is 1. The summed E-state index contributed by atoms with van der Waals surface area (Å²) in [5.41, 5.74) is 3.21. The number of hydrogen-bond donors (Lipinski definition) is 1. The Morgan fingerprint density at radius 2 is 1.87 bits per heavy atom. The van der Waals surface area contributed by atoms with Crippen LogP contribution in [0.15, 0.2) is 36.4 Å². The second kappa shape index (κ2) is 8.83. The van der Waals surface area contributed by atoms with Crippen LogP contribution in [0.5, 0.6) is 5.75 Å². The molecular formula is C22H21ClF2N2O3. The van der Waals surface area contributed by atoms with Crippen LogP contribution in [0.2, 0.25) is 5.02 Å². The van der Waals surface area contributed by atoms with E-state index in [9.17, 15) is 13.6 Å². The average Bonchev–Trinajstić information content (AvgIpc) is 3.03. The minimum Gasteiger partial charge on any atom is -0.481 e. The molecule has 30 heavy (non-hydrogen) atoms. The predicted molar refractivity (Wildman–Crippen MR) is 109 cm³/mol. The molecule has 0 saturated carbocycles. The molecule has 0 aliphatic rings. The number of carbonyl (C=O) groups is 1. The standard InChI is InChI=1S/C22H21ClF2N2O3/c1-12-7-16(4-5-18(12)23)27-17(8-14(3)26-27)11-30-21-19(24)9-15(10-20(21)25)6-13(2)22(28)29/h4-5,7-10,13H,6,11H2,1-3H3,(H,28,29). The van der Waals surface area contributed by atoms with Crippen molar-refractivity contribution in [2.45, 2.75) is 33.8 Å². The molecule has 3 rings (SSSR count). The normalized spacial score (nSPS) is 12.1. The fraction of sp³-hybridized carbons (Fsp3) is 0.273. The largest absolute Gasteiger partial charge is 0.481 e. The van der Waals surface area contributed by atoms with E-state index in [1.165, 1.54) is 6.92 Å². The Labute approximate surface area is 177 Å². The molecule has 1 N–H and O–H groups in total. The Balaban J connectivity index is 1.82. The zero-order valence-corrected chi connectivity index (χ0v) is 17.5. The molecule has 1 unspecified atom stereocenters. The van der Waals surface area contributed by atoms with Gasteiger partial charge in [-0.15, -0.1) is 0 Å². The summed E-state index contributed by atoms with van der Waals surface area (Å²) >= 11 is 6.08. The zero-order chi connectivity index (χ0) is 22.0. The maximum atomic E-state index is 14.4. The van der Waals surface area contributed by atoms with E-state index in [1.54, 1.807) is 22.9 Å². The molecular weight excluding hydrogens is 414 g/mol. The number of nitrogens with zero attached hydrogens (tertiary/aromatic N) is 2. The summed E-state index contributed by atoms with van der Waals surface area (Å²) in [6.45, 7) is 5.05. The van der Waals surface area contributed by atoms with Crippen LogP contribution in [0.1, 0.15) is 29.4 Å². The van der Waals surface area contributed by atoms with E-state index in [-0.39, 0.29) is 18.6 Å². The molecule has 1 atom stereocenters. The lowest BCUT2D eigenvalue weighted by molar-refractivity contribution is -0.141. The van der Waals surface area contributed by atoms with Crippen LogP contribution < -0.4 is 4.74 Å². The third kappa shape index (κ3) is 4.79. The monoisotopic (exact) mass is 434 g/mol. The van der Waals surface area contributed by atoms with E-state index in [0.717, 1.165) is 29.1 Å². The van der Waals surface area contributed by atoms with Crippen molar-refractivity contribution >= 4 is 17.6 Å². The molecule has 8 heteroatoms. The van der Waals surface area contributed by atoms with Gasteiger partial charge in [-0.3, -0.25) is 4.79 Å². The molecule has 3 aromatic rings. The molecule has 0 amide bonds. The molecule has 0 radical (unpaired) electrons. The van der Waals surface area contributed by atoms with Crippen molar-refractivity contribution in [2.24, 2.45) is 5.92 Å². The highest BCUT2D eigenvalue weighted by Crippen LogP contribution is 2.27. The van der Waals surface area contributed by atoms with E-state index < -0.39 is 29.3 Å². The number of carboxylic acid groups (broad SMARTS) is 1. The van der Waals surface area contributed by atoms with E-state index in [0.29, 0.717) is 10.7 Å². The zero-order valence-electron chi connectivity index (χ0n) is 16.7. The summed E-state index contributed by atoms with van der Waals surface area (Å²) in [6.07, 6.45) is 0.0192. The van der Waals surface area contributed by atoms with Crippen LogP contribution in [0.3, 0.4) is 0 Å². The minimum atomic E-state index is -1.03. The Morgan fingerprint density at radius 3 is 2.47 bits per heavy atom. The SMILES string of the molecule is Cc1cc(COc2c(F)cc(CC(C)C(=O)O)cc2F)n(-c2ccc(Cl)c(C)c2)n1. The summed E-state index contributed by atoms with van der Waals surface area (Å²) in [4.78, 5) is 11.0. The maximum Gasteiger partial charge on any atom is 0.306 e. The quantitative estimate of drug-likeness (QED) is 0.550. The number of carboxylic acids is 1. The molecule has 0 aliphatic heterocycles. The maximum absolute atomic E-state index is 14.4. The molecule has 0 saturated heterocycles. The summed E-state index contributed by atoms with van der Waals surface area (Å²) in [5, 5.41) is 14.0. The molecule has 1 heterocycles. The summed E-state index contributed by atoms with van der Waals surface area (Å²) < 4.78 is 36.0. The van der Waals surface area contributed by atoms with E-state index in [4.69, 9.17) is 21.4 Å². The van der Waals surface area contributed by atoms with Crippen LogP contribution in [0, 0.1) is 31.4 Å². The minimum absolute atomic E-state index is 0.0192. The Bertz CT molecular complexity index is 1070. The molecule has 0 spiro atoms. The third-order valence-corrected chi connectivity index (χ3v) is 5.10. The lowest BCUT2D eigenvalue weighted by atomic mass is 10.0. The van der Waals surface area contributed by atoms with Gasteiger partial charge in [-0.05, 0) is 67.8 Å². The Morgan fingerprint density at radius 1 is 1.20 bits per heavy atom. The van der Waals surface area contributed by atoms with Crippen molar-refractivity contribution in [1.82, 2.24) is 9.78 Å². The molecule has 0 fully saturated rings. The second-order valence-electron chi connectivity index (χ2n) is 7.24. The number of halogens is 3. The molecule has 2 aromatic carbocycles. The molecule has 1 aromatic heterocycles. The Kier molecular flexibility index (Phi) is 6.41. The van der Waals surface area contributed by atoms with E-state index in [2.05, 4.69) is 5.10 Å². The fourth-order valence-electron chi connectivity index (χ4n) is 3.10. The van der Waals surface area contributed by atoms with Gasteiger partial charge < -0.3 is 9.84 Å². The van der Waals surface area contributed by atoms with Crippen molar-refractivity contribution in [1.29, 1.82) is 0 Å². The van der Waals surface area contributed by atoms with Gasteiger partial charge in [-0.2, -0.15) is 5.10 Å². The lowest BCUT2D eigenvalue weighted by Crippen LogP contribution is -2.13. The van der Waals surface area contributed by atoms with Crippen molar-refractivity contribution in [3.63, 3.8) is 0 Å². The summed E-state index contributed by atoms with van der Waals surface area (Å²) in [6, 6.07) is 9.38. The topological polar surface area (TPSA) is 64.3 Å². The molecule has 0 aliphatic carbocycles. The van der Waals surface area contributed by atoms with Crippen LogP contribution in [0.25, 0.3) is 5.69 Å².